The van der Waals surface area contributed by atoms with Crippen molar-refractivity contribution in [3.63, 3.8) is 0 Å². The molecule has 2 rings (SSSR count). The van der Waals surface area contributed by atoms with Crippen LogP contribution in [-0.4, -0.2) is 25.2 Å². The summed E-state index contributed by atoms with van der Waals surface area (Å²) in [5.74, 6) is -0.0367. The quantitative estimate of drug-likeness (QED) is 0.358. The van der Waals surface area contributed by atoms with E-state index in [1.807, 2.05) is 13.0 Å². The molecule has 6 nitrogen and oxygen atoms in total. The van der Waals surface area contributed by atoms with E-state index in [1.54, 1.807) is 30.3 Å². The lowest BCUT2D eigenvalue weighted by Crippen LogP contribution is -2.17. The number of nitrogens with one attached hydrogen (secondary N) is 1. The van der Waals surface area contributed by atoms with E-state index in [-0.39, 0.29) is 5.91 Å². The molecule has 1 amide bonds. The fourth-order valence-electron chi connectivity index (χ4n) is 1.97. The van der Waals surface area contributed by atoms with E-state index in [4.69, 9.17) is 9.47 Å². The Balaban J connectivity index is 2.07. The lowest BCUT2D eigenvalue weighted by molar-refractivity contribution is -0.132. The average Bonchev–Trinajstić information content (AvgIpc) is 2.57. The molecule has 0 bridgehead atoms. The van der Waals surface area contributed by atoms with Gasteiger partial charge in [-0.15, -0.1) is 0 Å². The molecule has 0 aliphatic rings. The Morgan fingerprint density at radius 1 is 1.16 bits per heavy atom. The first-order valence-electron chi connectivity index (χ1n) is 7.36. The zero-order valence-corrected chi connectivity index (χ0v) is 15.6. The van der Waals surface area contributed by atoms with Gasteiger partial charge in [-0.2, -0.15) is 5.10 Å². The van der Waals surface area contributed by atoms with Gasteiger partial charge in [-0.25, -0.2) is 5.43 Å². The predicted octanol–water partition coefficient (Wildman–Crippen LogP) is 3.46. The number of hydrogen-bond acceptors (Lipinski definition) is 5. The maximum Gasteiger partial charge on any atom is 0.308 e. The second kappa shape index (κ2) is 8.43. The molecule has 0 atom stereocenters. The summed E-state index contributed by atoms with van der Waals surface area (Å²) in [6.07, 6.45) is 1.47. The van der Waals surface area contributed by atoms with Crippen LogP contribution in [0.5, 0.6) is 11.5 Å². The van der Waals surface area contributed by atoms with Crippen molar-refractivity contribution in [2.24, 2.45) is 5.10 Å². The molecule has 7 heteroatoms. The summed E-state index contributed by atoms with van der Waals surface area (Å²) in [4.78, 5) is 23.1. The molecule has 0 heterocycles. The van der Waals surface area contributed by atoms with Crippen molar-refractivity contribution in [2.75, 3.05) is 7.11 Å². The minimum Gasteiger partial charge on any atom is -0.493 e. The van der Waals surface area contributed by atoms with Crippen molar-refractivity contribution in [2.45, 2.75) is 13.8 Å². The molecule has 0 saturated carbocycles. The number of rotatable bonds is 5. The Hall–Kier alpha value is -2.67. The molecule has 0 aliphatic heterocycles. The summed E-state index contributed by atoms with van der Waals surface area (Å²) in [6.45, 7) is 3.25. The minimum absolute atomic E-state index is 0.319. The van der Waals surface area contributed by atoms with Gasteiger partial charge in [0.1, 0.15) is 0 Å². The number of carbonyl (C=O) groups excluding carboxylic acids is 2. The molecule has 0 spiro atoms. The van der Waals surface area contributed by atoms with E-state index in [9.17, 15) is 9.59 Å². The fraction of sp³-hybridized carbons (Fsp3) is 0.167. The average molecular weight is 405 g/mol. The van der Waals surface area contributed by atoms with Gasteiger partial charge in [-0.3, -0.25) is 9.59 Å². The van der Waals surface area contributed by atoms with Crippen molar-refractivity contribution in [1.29, 1.82) is 0 Å². The highest BCUT2D eigenvalue weighted by Crippen LogP contribution is 2.27. The van der Waals surface area contributed by atoms with Crippen LogP contribution in [0.25, 0.3) is 0 Å². The van der Waals surface area contributed by atoms with Crippen molar-refractivity contribution in [3.05, 3.63) is 57.6 Å². The molecule has 0 aliphatic carbocycles. The number of carbonyl (C=O) groups is 2. The molecule has 0 radical (unpaired) electrons. The Kier molecular flexibility index (Phi) is 6.30. The molecule has 2 aromatic rings. The van der Waals surface area contributed by atoms with Crippen LogP contribution < -0.4 is 14.9 Å². The second-order valence-electron chi connectivity index (χ2n) is 5.17. The van der Waals surface area contributed by atoms with Gasteiger partial charge in [0.15, 0.2) is 11.5 Å². The molecule has 1 N–H and O–H groups in total. The van der Waals surface area contributed by atoms with Crippen LogP contribution in [0.4, 0.5) is 0 Å². The number of aryl methyl sites for hydroxylation is 1. The van der Waals surface area contributed by atoms with Crippen molar-refractivity contribution < 1.29 is 19.1 Å². The normalized spacial score (nSPS) is 10.6. The van der Waals surface area contributed by atoms with Crippen LogP contribution in [0.1, 0.15) is 28.4 Å². The maximum atomic E-state index is 12.1. The van der Waals surface area contributed by atoms with Crippen LogP contribution in [0.2, 0.25) is 0 Å². The van der Waals surface area contributed by atoms with Crippen molar-refractivity contribution in [1.82, 2.24) is 5.43 Å². The second-order valence-corrected chi connectivity index (χ2v) is 6.02. The smallest absolute Gasteiger partial charge is 0.308 e. The van der Waals surface area contributed by atoms with Gasteiger partial charge in [0, 0.05) is 17.0 Å². The van der Waals surface area contributed by atoms with Crippen LogP contribution in [0.15, 0.2) is 46.0 Å². The zero-order chi connectivity index (χ0) is 18.4. The third kappa shape index (κ3) is 5.15. The van der Waals surface area contributed by atoms with Gasteiger partial charge in [-0.1, -0.05) is 22.0 Å². The van der Waals surface area contributed by atoms with Gasteiger partial charge in [-0.05, 0) is 48.4 Å². The third-order valence-corrected chi connectivity index (χ3v) is 4.11. The van der Waals surface area contributed by atoms with Crippen LogP contribution in [-0.2, 0) is 4.79 Å². The van der Waals surface area contributed by atoms with Gasteiger partial charge < -0.3 is 9.47 Å². The first kappa shape index (κ1) is 18.7. The van der Waals surface area contributed by atoms with E-state index < -0.39 is 5.97 Å². The summed E-state index contributed by atoms with van der Waals surface area (Å²) in [5.41, 5.74) is 4.68. The third-order valence-electron chi connectivity index (χ3n) is 3.26. The van der Waals surface area contributed by atoms with Gasteiger partial charge in [0.2, 0.25) is 0 Å². The number of hydrogen-bond donors (Lipinski definition) is 1. The zero-order valence-electron chi connectivity index (χ0n) is 14.0. The maximum absolute atomic E-state index is 12.1. The summed E-state index contributed by atoms with van der Waals surface area (Å²) in [6, 6.07) is 10.2. The summed E-state index contributed by atoms with van der Waals surface area (Å²) in [7, 11) is 1.47. The van der Waals surface area contributed by atoms with Gasteiger partial charge in [0.25, 0.3) is 5.91 Å². The van der Waals surface area contributed by atoms with Crippen LogP contribution >= 0.6 is 15.9 Å². The number of amides is 1. The van der Waals surface area contributed by atoms with Crippen LogP contribution in [0.3, 0.4) is 0 Å². The van der Waals surface area contributed by atoms with Gasteiger partial charge in [0.05, 0.1) is 13.3 Å². The van der Waals surface area contributed by atoms with E-state index in [0.717, 1.165) is 10.0 Å². The van der Waals surface area contributed by atoms with Crippen LogP contribution in [0, 0.1) is 6.92 Å². The summed E-state index contributed by atoms with van der Waals surface area (Å²) >= 11 is 3.39. The molecule has 2 aromatic carbocycles. The molecule has 130 valence electrons. The lowest BCUT2D eigenvalue weighted by Gasteiger charge is -2.08. The summed E-state index contributed by atoms with van der Waals surface area (Å²) < 4.78 is 11.1. The standard InChI is InChI=1S/C18H17BrN2O4/c1-11-4-6-14(9-15(11)19)18(23)21-20-10-13-5-7-16(25-12(2)22)17(8-13)24-3/h4-10H,1-3H3,(H,21,23). The monoisotopic (exact) mass is 404 g/mol. The predicted molar refractivity (Wildman–Crippen MR) is 98.2 cm³/mol. The lowest BCUT2D eigenvalue weighted by atomic mass is 10.1. The Bertz CT molecular complexity index is 834. The van der Waals surface area contributed by atoms with E-state index in [0.29, 0.717) is 22.6 Å². The molecule has 0 saturated heterocycles. The van der Waals surface area contributed by atoms with E-state index >= 15 is 0 Å². The van der Waals surface area contributed by atoms with E-state index in [2.05, 4.69) is 26.5 Å². The van der Waals surface area contributed by atoms with Gasteiger partial charge >= 0.3 is 5.97 Å². The van der Waals surface area contributed by atoms with E-state index in [1.165, 1.54) is 20.2 Å². The molecular weight excluding hydrogens is 388 g/mol. The molecule has 0 fully saturated rings. The summed E-state index contributed by atoms with van der Waals surface area (Å²) in [5, 5.41) is 3.93. The Labute approximate surface area is 154 Å². The molecule has 0 unspecified atom stereocenters. The number of esters is 1. The first-order valence-corrected chi connectivity index (χ1v) is 8.16. The minimum atomic E-state index is -0.434. The number of nitrogens with zero attached hydrogens (tertiary/aromatic N) is 1. The Morgan fingerprint density at radius 3 is 2.56 bits per heavy atom. The first-order chi connectivity index (χ1) is 11.9. The highest BCUT2D eigenvalue weighted by Gasteiger charge is 2.08. The number of hydrazone groups is 1. The molecule has 0 aromatic heterocycles. The highest BCUT2D eigenvalue weighted by molar-refractivity contribution is 9.10. The Morgan fingerprint density at radius 2 is 1.92 bits per heavy atom. The fourth-order valence-corrected chi connectivity index (χ4v) is 2.35. The SMILES string of the molecule is COc1cc(C=NNC(=O)c2ccc(C)c(Br)c2)ccc1OC(C)=O. The molecular formula is C18H17BrN2O4. The number of ether oxygens (including phenoxy) is 2. The molecule has 25 heavy (non-hydrogen) atoms. The number of benzene rings is 2. The topological polar surface area (TPSA) is 77.0 Å². The number of halogens is 1. The highest BCUT2D eigenvalue weighted by atomic mass is 79.9. The van der Waals surface area contributed by atoms with Crippen molar-refractivity contribution >= 4 is 34.0 Å². The van der Waals surface area contributed by atoms with Crippen molar-refractivity contribution in [3.8, 4) is 11.5 Å². The number of methoxy groups -OCH3 is 1. The largest absolute Gasteiger partial charge is 0.493 e.